The molecule has 0 atom stereocenters. The average Bonchev–Trinajstić information content (AvgIpc) is 2.85. The highest BCUT2D eigenvalue weighted by atomic mass is 16.7. The number of ether oxygens (including phenoxy) is 2. The number of rotatable bonds is 4. The van der Waals surface area contributed by atoms with Crippen LogP contribution in [0.25, 0.3) is 0 Å². The summed E-state index contributed by atoms with van der Waals surface area (Å²) in [6.45, 7) is 2.77. The SMILES string of the molecule is Cc1nc(N)nc(NCCc2ccc3c(c2)OCO3)n1. The number of anilines is 2. The van der Waals surface area contributed by atoms with Crippen LogP contribution in [0, 0.1) is 6.92 Å². The zero-order valence-electron chi connectivity index (χ0n) is 11.1. The molecule has 1 aromatic carbocycles. The Morgan fingerprint density at radius 1 is 1.20 bits per heavy atom. The predicted molar refractivity (Wildman–Crippen MR) is 73.7 cm³/mol. The zero-order valence-corrected chi connectivity index (χ0v) is 11.1. The van der Waals surface area contributed by atoms with Crippen molar-refractivity contribution in [3.63, 3.8) is 0 Å². The molecule has 0 amide bonds. The Balaban J connectivity index is 1.59. The van der Waals surface area contributed by atoms with Crippen molar-refractivity contribution in [3.8, 4) is 11.5 Å². The maximum absolute atomic E-state index is 5.57. The first-order chi connectivity index (χ1) is 9.70. The minimum absolute atomic E-state index is 0.225. The molecule has 2 aromatic rings. The second-order valence-electron chi connectivity index (χ2n) is 4.43. The summed E-state index contributed by atoms with van der Waals surface area (Å²) in [7, 11) is 0. The summed E-state index contributed by atoms with van der Waals surface area (Å²) in [5.41, 5.74) is 6.72. The molecule has 104 valence electrons. The molecule has 0 aliphatic carbocycles. The van der Waals surface area contributed by atoms with Gasteiger partial charge in [0.15, 0.2) is 11.5 Å². The number of nitrogens with two attached hydrogens (primary N) is 1. The summed E-state index contributed by atoms with van der Waals surface area (Å²) in [5, 5.41) is 3.13. The number of fused-ring (bicyclic) bond motifs is 1. The van der Waals surface area contributed by atoms with Crippen LogP contribution in [0.1, 0.15) is 11.4 Å². The summed E-state index contributed by atoms with van der Waals surface area (Å²) in [4.78, 5) is 12.1. The number of benzene rings is 1. The first-order valence-corrected chi connectivity index (χ1v) is 6.31. The molecule has 1 aliphatic heterocycles. The van der Waals surface area contributed by atoms with Crippen molar-refractivity contribution < 1.29 is 9.47 Å². The number of aryl methyl sites for hydroxylation is 1. The Morgan fingerprint density at radius 2 is 2.05 bits per heavy atom. The second-order valence-corrected chi connectivity index (χ2v) is 4.43. The van der Waals surface area contributed by atoms with E-state index >= 15 is 0 Å². The van der Waals surface area contributed by atoms with Gasteiger partial charge in [0.2, 0.25) is 18.7 Å². The minimum atomic E-state index is 0.225. The van der Waals surface area contributed by atoms with Crippen molar-refractivity contribution in [1.82, 2.24) is 15.0 Å². The van der Waals surface area contributed by atoms with E-state index in [9.17, 15) is 0 Å². The van der Waals surface area contributed by atoms with Gasteiger partial charge in [0, 0.05) is 6.54 Å². The second kappa shape index (κ2) is 5.20. The van der Waals surface area contributed by atoms with Gasteiger partial charge < -0.3 is 20.5 Å². The van der Waals surface area contributed by atoms with E-state index in [2.05, 4.69) is 20.3 Å². The maximum atomic E-state index is 5.57. The molecule has 3 rings (SSSR count). The van der Waals surface area contributed by atoms with Crippen LogP contribution in [-0.2, 0) is 6.42 Å². The Morgan fingerprint density at radius 3 is 2.90 bits per heavy atom. The van der Waals surface area contributed by atoms with Crippen molar-refractivity contribution in [3.05, 3.63) is 29.6 Å². The summed E-state index contributed by atoms with van der Waals surface area (Å²) in [5.74, 6) is 2.91. The van der Waals surface area contributed by atoms with Crippen molar-refractivity contribution >= 4 is 11.9 Å². The standard InChI is InChI=1S/C13H15N5O2/c1-8-16-12(14)18-13(17-8)15-5-4-9-2-3-10-11(6-9)20-7-19-10/h2-3,6H,4-5,7H2,1H3,(H3,14,15,16,17,18). The van der Waals surface area contributed by atoms with Gasteiger partial charge in [0.1, 0.15) is 5.82 Å². The van der Waals surface area contributed by atoms with E-state index in [1.807, 2.05) is 18.2 Å². The third-order valence-corrected chi connectivity index (χ3v) is 2.90. The van der Waals surface area contributed by atoms with E-state index in [0.29, 0.717) is 25.1 Å². The van der Waals surface area contributed by atoms with Gasteiger partial charge in [-0.15, -0.1) is 0 Å². The number of hydrogen-bond donors (Lipinski definition) is 2. The monoisotopic (exact) mass is 273 g/mol. The highest BCUT2D eigenvalue weighted by molar-refractivity contribution is 5.44. The number of aromatic nitrogens is 3. The minimum Gasteiger partial charge on any atom is -0.454 e. The lowest BCUT2D eigenvalue weighted by molar-refractivity contribution is 0.174. The Hall–Kier alpha value is -2.57. The van der Waals surface area contributed by atoms with Gasteiger partial charge in [-0.3, -0.25) is 0 Å². The molecule has 0 saturated heterocycles. The van der Waals surface area contributed by atoms with Crippen LogP contribution in [0.4, 0.5) is 11.9 Å². The molecule has 1 aliphatic rings. The summed E-state index contributed by atoms with van der Waals surface area (Å²) in [6, 6.07) is 5.92. The molecule has 0 saturated carbocycles. The molecule has 0 fully saturated rings. The molecule has 2 heterocycles. The Labute approximate surface area is 116 Å². The van der Waals surface area contributed by atoms with Gasteiger partial charge in [-0.2, -0.15) is 15.0 Å². The third-order valence-electron chi connectivity index (χ3n) is 2.90. The van der Waals surface area contributed by atoms with Crippen LogP contribution in [0.2, 0.25) is 0 Å². The van der Waals surface area contributed by atoms with Crippen LogP contribution < -0.4 is 20.5 Å². The molecule has 20 heavy (non-hydrogen) atoms. The van der Waals surface area contributed by atoms with Crippen molar-refractivity contribution in [2.45, 2.75) is 13.3 Å². The van der Waals surface area contributed by atoms with Crippen molar-refractivity contribution in [2.24, 2.45) is 0 Å². The first kappa shape index (κ1) is 12.5. The molecule has 7 nitrogen and oxygen atoms in total. The van der Waals surface area contributed by atoms with E-state index in [4.69, 9.17) is 15.2 Å². The van der Waals surface area contributed by atoms with Crippen molar-refractivity contribution in [2.75, 3.05) is 24.4 Å². The summed E-state index contributed by atoms with van der Waals surface area (Å²) in [6.07, 6.45) is 0.821. The van der Waals surface area contributed by atoms with Gasteiger partial charge in [-0.1, -0.05) is 6.07 Å². The third kappa shape index (κ3) is 2.71. The van der Waals surface area contributed by atoms with Gasteiger partial charge >= 0.3 is 0 Å². The number of hydrogen-bond acceptors (Lipinski definition) is 7. The summed E-state index contributed by atoms with van der Waals surface area (Å²) >= 11 is 0. The van der Waals surface area contributed by atoms with Crippen LogP contribution in [0.15, 0.2) is 18.2 Å². The predicted octanol–water partition coefficient (Wildman–Crippen LogP) is 1.15. The Kier molecular flexibility index (Phi) is 3.24. The maximum Gasteiger partial charge on any atom is 0.231 e. The van der Waals surface area contributed by atoms with E-state index in [1.54, 1.807) is 6.92 Å². The molecular weight excluding hydrogens is 258 g/mol. The fraction of sp³-hybridized carbons (Fsp3) is 0.308. The van der Waals surface area contributed by atoms with Gasteiger partial charge in [0.05, 0.1) is 0 Å². The fourth-order valence-corrected chi connectivity index (χ4v) is 2.00. The first-order valence-electron chi connectivity index (χ1n) is 6.31. The largest absolute Gasteiger partial charge is 0.454 e. The molecular formula is C13H15N5O2. The van der Waals surface area contributed by atoms with Gasteiger partial charge in [0.25, 0.3) is 0 Å². The topological polar surface area (TPSA) is 95.2 Å². The van der Waals surface area contributed by atoms with Crippen LogP contribution in [0.5, 0.6) is 11.5 Å². The molecule has 3 N–H and O–H groups in total. The quantitative estimate of drug-likeness (QED) is 0.862. The normalized spacial score (nSPS) is 12.4. The van der Waals surface area contributed by atoms with E-state index < -0.39 is 0 Å². The average molecular weight is 273 g/mol. The lowest BCUT2D eigenvalue weighted by Gasteiger charge is -2.06. The Bertz CT molecular complexity index is 612. The molecule has 1 aromatic heterocycles. The number of nitrogens with one attached hydrogen (secondary N) is 1. The van der Waals surface area contributed by atoms with Crippen LogP contribution in [0.3, 0.4) is 0 Å². The molecule has 0 radical (unpaired) electrons. The molecule has 0 spiro atoms. The molecule has 0 bridgehead atoms. The van der Waals surface area contributed by atoms with Crippen LogP contribution >= 0.6 is 0 Å². The zero-order chi connectivity index (χ0) is 13.9. The van der Waals surface area contributed by atoms with E-state index in [-0.39, 0.29) is 5.95 Å². The number of nitrogens with zero attached hydrogens (tertiary/aromatic N) is 3. The molecule has 7 heteroatoms. The molecule has 0 unspecified atom stereocenters. The fourth-order valence-electron chi connectivity index (χ4n) is 2.00. The van der Waals surface area contributed by atoms with Gasteiger partial charge in [-0.05, 0) is 31.0 Å². The lowest BCUT2D eigenvalue weighted by Crippen LogP contribution is -2.11. The van der Waals surface area contributed by atoms with Crippen LogP contribution in [-0.4, -0.2) is 28.3 Å². The highest BCUT2D eigenvalue weighted by Crippen LogP contribution is 2.32. The smallest absolute Gasteiger partial charge is 0.231 e. The van der Waals surface area contributed by atoms with E-state index in [0.717, 1.165) is 23.5 Å². The van der Waals surface area contributed by atoms with Gasteiger partial charge in [-0.25, -0.2) is 0 Å². The summed E-state index contributed by atoms with van der Waals surface area (Å²) < 4.78 is 10.6. The number of nitrogen functional groups attached to an aromatic ring is 1. The lowest BCUT2D eigenvalue weighted by atomic mass is 10.1. The van der Waals surface area contributed by atoms with Crippen molar-refractivity contribution in [1.29, 1.82) is 0 Å². The highest BCUT2D eigenvalue weighted by Gasteiger charge is 2.12. The van der Waals surface area contributed by atoms with E-state index in [1.165, 1.54) is 0 Å².